The Hall–Kier alpha value is -2.84. The molecule has 0 unspecified atom stereocenters. The minimum Gasteiger partial charge on any atom is -0.338 e. The van der Waals surface area contributed by atoms with Gasteiger partial charge in [0.15, 0.2) is 0 Å². The van der Waals surface area contributed by atoms with E-state index >= 15 is 0 Å². The molecule has 0 radical (unpaired) electrons. The number of hydrogen-bond acceptors (Lipinski definition) is 2. The van der Waals surface area contributed by atoms with Gasteiger partial charge in [0.25, 0.3) is 0 Å². The van der Waals surface area contributed by atoms with Crippen LogP contribution < -0.4 is 21.2 Å². The molecular weight excluding hydrogens is 355 g/mol. The van der Waals surface area contributed by atoms with Crippen LogP contribution in [0.3, 0.4) is 0 Å². The molecule has 0 aliphatic rings. The van der Waals surface area contributed by atoms with Crippen LogP contribution in [0.5, 0.6) is 0 Å². The molecule has 5 heteroatoms. The van der Waals surface area contributed by atoms with E-state index in [0.29, 0.717) is 19.1 Å². The summed E-state index contributed by atoms with van der Waals surface area (Å²) in [4.78, 5) is 12.0. The molecule has 0 atom stereocenters. The first-order valence-electron chi connectivity index (χ1n) is 8.99. The summed E-state index contributed by atoms with van der Waals surface area (Å²) < 4.78 is 13.8. The number of para-hydroxylation sites is 1. The molecule has 27 heavy (non-hydrogen) atoms. The van der Waals surface area contributed by atoms with Crippen LogP contribution >= 0.6 is 7.14 Å². The van der Waals surface area contributed by atoms with Crippen LogP contribution in [0.15, 0.2) is 91.0 Å². The van der Waals surface area contributed by atoms with E-state index in [-0.39, 0.29) is 6.03 Å². The molecule has 4 nitrogen and oxygen atoms in total. The van der Waals surface area contributed by atoms with E-state index in [2.05, 4.69) is 10.6 Å². The molecule has 0 aromatic heterocycles. The van der Waals surface area contributed by atoms with Gasteiger partial charge < -0.3 is 15.2 Å². The molecule has 0 aliphatic carbocycles. The standard InChI is InChI=1S/C22H23N2O2P/c25-22(24-19-11-4-1-5-12-19)23-17-10-18-27(26,20-13-6-2-7-14-20)21-15-8-3-9-16-21/h1-9,11-16H,10,17-18H2,(H2,23,24,25). The van der Waals surface area contributed by atoms with Crippen LogP contribution in [0.1, 0.15) is 6.42 Å². The number of hydrogen-bond donors (Lipinski definition) is 2. The Morgan fingerprint density at radius 3 is 1.74 bits per heavy atom. The average molecular weight is 378 g/mol. The van der Waals surface area contributed by atoms with E-state index < -0.39 is 7.14 Å². The molecule has 2 N–H and O–H groups in total. The molecule has 3 aromatic carbocycles. The smallest absolute Gasteiger partial charge is 0.319 e. The van der Waals surface area contributed by atoms with Gasteiger partial charge in [-0.2, -0.15) is 0 Å². The van der Waals surface area contributed by atoms with Crippen molar-refractivity contribution in [3.63, 3.8) is 0 Å². The highest BCUT2D eigenvalue weighted by molar-refractivity contribution is 7.78. The molecule has 0 saturated carbocycles. The maximum absolute atomic E-state index is 13.8. The van der Waals surface area contributed by atoms with Gasteiger partial charge in [0, 0.05) is 29.0 Å². The lowest BCUT2D eigenvalue weighted by Gasteiger charge is -2.19. The number of amides is 2. The predicted molar refractivity (Wildman–Crippen MR) is 113 cm³/mol. The molecule has 0 aliphatic heterocycles. The van der Waals surface area contributed by atoms with Crippen LogP contribution in [-0.4, -0.2) is 18.7 Å². The third-order valence-electron chi connectivity index (χ3n) is 4.31. The van der Waals surface area contributed by atoms with E-state index in [1.54, 1.807) is 0 Å². The molecular formula is C22H23N2O2P. The van der Waals surface area contributed by atoms with Crippen molar-refractivity contribution >= 4 is 29.5 Å². The highest BCUT2D eigenvalue weighted by Gasteiger charge is 2.26. The van der Waals surface area contributed by atoms with Gasteiger partial charge in [-0.15, -0.1) is 0 Å². The van der Waals surface area contributed by atoms with E-state index in [0.717, 1.165) is 16.3 Å². The van der Waals surface area contributed by atoms with Crippen LogP contribution in [-0.2, 0) is 4.57 Å². The van der Waals surface area contributed by atoms with Crippen molar-refractivity contribution in [1.82, 2.24) is 5.32 Å². The number of carbonyl (C=O) groups excluding carboxylic acids is 1. The van der Waals surface area contributed by atoms with Crippen LogP contribution in [0.25, 0.3) is 0 Å². The van der Waals surface area contributed by atoms with Crippen molar-refractivity contribution in [2.24, 2.45) is 0 Å². The first-order valence-corrected chi connectivity index (χ1v) is 10.9. The topological polar surface area (TPSA) is 58.2 Å². The van der Waals surface area contributed by atoms with Gasteiger partial charge in [0.05, 0.1) is 0 Å². The summed E-state index contributed by atoms with van der Waals surface area (Å²) in [5, 5.41) is 7.32. The molecule has 0 fully saturated rings. The highest BCUT2D eigenvalue weighted by Crippen LogP contribution is 2.43. The first kappa shape index (κ1) is 18.9. The van der Waals surface area contributed by atoms with E-state index in [9.17, 15) is 9.36 Å². The zero-order chi connectivity index (χ0) is 19.0. The summed E-state index contributed by atoms with van der Waals surface area (Å²) in [5.41, 5.74) is 0.745. The molecule has 138 valence electrons. The number of rotatable bonds is 7. The third kappa shape index (κ3) is 5.08. The summed E-state index contributed by atoms with van der Waals surface area (Å²) in [6, 6.07) is 28.2. The highest BCUT2D eigenvalue weighted by atomic mass is 31.2. The predicted octanol–water partition coefficient (Wildman–Crippen LogP) is 4.21. The summed E-state index contributed by atoms with van der Waals surface area (Å²) in [7, 11) is -2.72. The Kier molecular flexibility index (Phi) is 6.45. The van der Waals surface area contributed by atoms with Crippen LogP contribution in [0.2, 0.25) is 0 Å². The summed E-state index contributed by atoms with van der Waals surface area (Å²) in [6.45, 7) is 0.461. The van der Waals surface area contributed by atoms with Crippen molar-refractivity contribution in [2.45, 2.75) is 6.42 Å². The Labute approximate surface area is 160 Å². The van der Waals surface area contributed by atoms with Gasteiger partial charge in [-0.3, -0.25) is 0 Å². The number of benzene rings is 3. The fourth-order valence-corrected chi connectivity index (χ4v) is 5.67. The van der Waals surface area contributed by atoms with Crippen molar-refractivity contribution in [1.29, 1.82) is 0 Å². The van der Waals surface area contributed by atoms with Gasteiger partial charge in [-0.05, 0) is 18.6 Å². The van der Waals surface area contributed by atoms with E-state index in [4.69, 9.17) is 0 Å². The lowest BCUT2D eigenvalue weighted by Crippen LogP contribution is -2.30. The van der Waals surface area contributed by atoms with E-state index in [1.807, 2.05) is 91.0 Å². The second-order valence-electron chi connectivity index (χ2n) is 6.23. The Morgan fingerprint density at radius 2 is 1.22 bits per heavy atom. The number of carbonyl (C=O) groups is 1. The largest absolute Gasteiger partial charge is 0.338 e. The SMILES string of the molecule is O=C(NCCCP(=O)(c1ccccc1)c1ccccc1)Nc1ccccc1. The van der Waals surface area contributed by atoms with Crippen molar-refractivity contribution in [3.05, 3.63) is 91.0 Å². The summed E-state index contributed by atoms with van der Waals surface area (Å²) in [6.07, 6.45) is 1.13. The molecule has 0 saturated heterocycles. The molecule has 2 amide bonds. The summed E-state index contributed by atoms with van der Waals surface area (Å²) >= 11 is 0. The fraction of sp³-hybridized carbons (Fsp3) is 0.136. The monoisotopic (exact) mass is 378 g/mol. The molecule has 0 heterocycles. The van der Waals surface area contributed by atoms with Crippen molar-refractivity contribution in [2.75, 3.05) is 18.0 Å². The number of anilines is 1. The normalized spacial score (nSPS) is 11.0. The fourth-order valence-electron chi connectivity index (χ4n) is 2.95. The second kappa shape index (κ2) is 9.20. The van der Waals surface area contributed by atoms with Crippen molar-refractivity contribution in [3.8, 4) is 0 Å². The van der Waals surface area contributed by atoms with Gasteiger partial charge in [-0.25, -0.2) is 4.79 Å². The Bertz CT molecular complexity index is 856. The second-order valence-corrected chi connectivity index (χ2v) is 9.19. The third-order valence-corrected chi connectivity index (χ3v) is 7.52. The Morgan fingerprint density at radius 1 is 0.741 bits per heavy atom. The van der Waals surface area contributed by atoms with Crippen LogP contribution in [0.4, 0.5) is 10.5 Å². The van der Waals surface area contributed by atoms with Gasteiger partial charge >= 0.3 is 6.03 Å². The molecule has 3 aromatic rings. The maximum Gasteiger partial charge on any atom is 0.319 e. The molecule has 0 spiro atoms. The number of nitrogens with one attached hydrogen (secondary N) is 2. The maximum atomic E-state index is 13.8. The van der Waals surface area contributed by atoms with Gasteiger partial charge in [0.2, 0.25) is 0 Å². The van der Waals surface area contributed by atoms with Crippen molar-refractivity contribution < 1.29 is 9.36 Å². The van der Waals surface area contributed by atoms with E-state index in [1.165, 1.54) is 0 Å². The first-order chi connectivity index (χ1) is 13.2. The van der Waals surface area contributed by atoms with Crippen LogP contribution in [0, 0.1) is 0 Å². The summed E-state index contributed by atoms with van der Waals surface area (Å²) in [5.74, 6) is 0. The van der Waals surface area contributed by atoms with Gasteiger partial charge in [-0.1, -0.05) is 78.9 Å². The zero-order valence-electron chi connectivity index (χ0n) is 15.0. The quantitative estimate of drug-likeness (QED) is 0.478. The zero-order valence-corrected chi connectivity index (χ0v) is 15.9. The molecule has 0 bridgehead atoms. The Balaban J connectivity index is 1.61. The average Bonchev–Trinajstić information content (AvgIpc) is 2.73. The van der Waals surface area contributed by atoms with Gasteiger partial charge in [0.1, 0.15) is 7.14 Å². The minimum absolute atomic E-state index is 0.254. The molecule has 3 rings (SSSR count). The lowest BCUT2D eigenvalue weighted by molar-refractivity contribution is 0.252. The minimum atomic E-state index is -2.72. The lowest BCUT2D eigenvalue weighted by atomic mass is 10.3. The number of urea groups is 1.